The number of aliphatic imine (C=N–C) groups is 1. The molecule has 1 aromatic carbocycles. The maximum absolute atomic E-state index is 4.86. The van der Waals surface area contributed by atoms with E-state index in [0.29, 0.717) is 6.04 Å². The van der Waals surface area contributed by atoms with Crippen molar-refractivity contribution in [2.24, 2.45) is 4.99 Å². The fourth-order valence-electron chi connectivity index (χ4n) is 4.36. The van der Waals surface area contributed by atoms with E-state index in [9.17, 15) is 0 Å². The molecule has 4 heterocycles. The average Bonchev–Trinajstić information content (AvgIpc) is 3.05. The molecule has 1 unspecified atom stereocenters. The second-order valence-corrected chi connectivity index (χ2v) is 7.79. The van der Waals surface area contributed by atoms with Gasteiger partial charge < -0.3 is 15.2 Å². The van der Waals surface area contributed by atoms with E-state index in [1.807, 2.05) is 6.07 Å². The van der Waals surface area contributed by atoms with Gasteiger partial charge in [0.05, 0.1) is 17.6 Å². The number of fused-ring (bicyclic) bond motifs is 4. The summed E-state index contributed by atoms with van der Waals surface area (Å²) in [4.78, 5) is 14.7. The van der Waals surface area contributed by atoms with E-state index in [4.69, 9.17) is 4.99 Å². The minimum Gasteiger partial charge on any atom is -0.357 e. The van der Waals surface area contributed by atoms with E-state index < -0.39 is 0 Å². The van der Waals surface area contributed by atoms with E-state index in [1.54, 1.807) is 0 Å². The molecule has 0 aliphatic carbocycles. The predicted molar refractivity (Wildman–Crippen MR) is 115 cm³/mol. The van der Waals surface area contributed by atoms with E-state index in [1.165, 1.54) is 31.7 Å². The Morgan fingerprint density at radius 1 is 1.18 bits per heavy atom. The molecule has 1 aromatic heterocycles. The van der Waals surface area contributed by atoms with E-state index in [2.05, 4.69) is 62.0 Å². The van der Waals surface area contributed by atoms with Crippen LogP contribution < -0.4 is 10.6 Å². The third-order valence-electron chi connectivity index (χ3n) is 5.89. The summed E-state index contributed by atoms with van der Waals surface area (Å²) in [5.41, 5.74) is 2.30. The number of aromatic nitrogens is 2. The molecule has 3 saturated heterocycles. The zero-order valence-corrected chi connectivity index (χ0v) is 17.2. The summed E-state index contributed by atoms with van der Waals surface area (Å²) in [7, 11) is 0. The fraction of sp³-hybridized carbons (Fsp3) is 0.619. The maximum atomic E-state index is 4.86. The predicted octanol–water partition coefficient (Wildman–Crippen LogP) is 1.29. The summed E-state index contributed by atoms with van der Waals surface area (Å²) >= 11 is 0. The molecule has 3 aliphatic heterocycles. The van der Waals surface area contributed by atoms with Crippen molar-refractivity contribution >= 4 is 17.0 Å². The van der Waals surface area contributed by atoms with Gasteiger partial charge in [-0.05, 0) is 32.4 Å². The van der Waals surface area contributed by atoms with Crippen LogP contribution in [0.4, 0.5) is 0 Å². The maximum Gasteiger partial charge on any atom is 0.191 e. The van der Waals surface area contributed by atoms with Gasteiger partial charge in [-0.3, -0.25) is 14.8 Å². The summed E-state index contributed by atoms with van der Waals surface area (Å²) in [6.45, 7) is 13.8. The van der Waals surface area contributed by atoms with E-state index in [0.717, 1.165) is 56.4 Å². The molecule has 0 radical (unpaired) electrons. The van der Waals surface area contributed by atoms with Gasteiger partial charge in [-0.1, -0.05) is 12.1 Å². The topological polar surface area (TPSA) is 60.7 Å². The lowest BCUT2D eigenvalue weighted by Gasteiger charge is -2.47. The second-order valence-electron chi connectivity index (χ2n) is 7.79. The van der Waals surface area contributed by atoms with Gasteiger partial charge in [0.25, 0.3) is 0 Å². The molecule has 28 heavy (non-hydrogen) atoms. The molecule has 5 rings (SSSR count). The average molecular weight is 384 g/mol. The zero-order chi connectivity index (χ0) is 19.3. The van der Waals surface area contributed by atoms with Crippen LogP contribution >= 0.6 is 0 Å². The number of nitrogens with zero attached hydrogens (tertiary/aromatic N) is 5. The quantitative estimate of drug-likeness (QED) is 0.429. The minimum atomic E-state index is 0.568. The zero-order valence-electron chi connectivity index (χ0n) is 17.2. The van der Waals surface area contributed by atoms with Gasteiger partial charge in [-0.2, -0.15) is 0 Å². The van der Waals surface area contributed by atoms with Crippen molar-refractivity contribution in [1.82, 2.24) is 30.0 Å². The van der Waals surface area contributed by atoms with Gasteiger partial charge in [0.2, 0.25) is 0 Å². The number of hydrogen-bond donors (Lipinski definition) is 2. The Morgan fingerprint density at radius 2 is 2.00 bits per heavy atom. The molecule has 2 aromatic rings. The van der Waals surface area contributed by atoms with Crippen LogP contribution in [-0.4, -0.2) is 83.7 Å². The van der Waals surface area contributed by atoms with Crippen LogP contribution in [0.5, 0.6) is 0 Å². The first-order chi connectivity index (χ1) is 13.7. The van der Waals surface area contributed by atoms with Crippen LogP contribution in [0, 0.1) is 6.92 Å². The largest absolute Gasteiger partial charge is 0.357 e. The number of imidazole rings is 1. The number of hydrogen-bond acceptors (Lipinski definition) is 4. The highest BCUT2D eigenvalue weighted by molar-refractivity contribution is 5.79. The van der Waals surface area contributed by atoms with Crippen LogP contribution in [0.25, 0.3) is 11.0 Å². The molecule has 0 saturated carbocycles. The van der Waals surface area contributed by atoms with Gasteiger partial charge >= 0.3 is 0 Å². The summed E-state index contributed by atoms with van der Waals surface area (Å²) in [6, 6.07) is 8.93. The fourth-order valence-corrected chi connectivity index (χ4v) is 4.36. The summed E-state index contributed by atoms with van der Waals surface area (Å²) < 4.78 is 2.31. The van der Waals surface area contributed by atoms with E-state index in [-0.39, 0.29) is 0 Å². The van der Waals surface area contributed by atoms with Crippen molar-refractivity contribution in [3.05, 3.63) is 30.1 Å². The van der Waals surface area contributed by atoms with Crippen LogP contribution in [0.3, 0.4) is 0 Å². The third kappa shape index (κ3) is 4.31. The Hall–Kier alpha value is -2.12. The SMILES string of the molecule is CCNC(=NCC1CN2CCN1CC2)NCCCn1c(C)nc2ccccc21. The number of nitrogens with one attached hydrogen (secondary N) is 2. The van der Waals surface area contributed by atoms with Crippen molar-refractivity contribution in [3.63, 3.8) is 0 Å². The van der Waals surface area contributed by atoms with Crippen LogP contribution in [0.2, 0.25) is 0 Å². The monoisotopic (exact) mass is 383 g/mol. The van der Waals surface area contributed by atoms with Gasteiger partial charge in [0.1, 0.15) is 5.82 Å². The first-order valence-corrected chi connectivity index (χ1v) is 10.6. The number of para-hydroxylation sites is 2. The van der Waals surface area contributed by atoms with Crippen molar-refractivity contribution in [1.29, 1.82) is 0 Å². The normalized spacial score (nSPS) is 24.6. The highest BCUT2D eigenvalue weighted by Crippen LogP contribution is 2.16. The van der Waals surface area contributed by atoms with Crippen molar-refractivity contribution in [2.75, 3.05) is 52.4 Å². The number of piperazine rings is 3. The van der Waals surface area contributed by atoms with Crippen molar-refractivity contribution in [2.45, 2.75) is 32.9 Å². The molecular weight excluding hydrogens is 350 g/mol. The molecule has 0 amide bonds. The summed E-state index contributed by atoms with van der Waals surface area (Å²) in [5, 5.41) is 6.90. The third-order valence-corrected chi connectivity index (χ3v) is 5.89. The summed E-state index contributed by atoms with van der Waals surface area (Å²) in [5.74, 6) is 2.02. The van der Waals surface area contributed by atoms with Gasteiger partial charge in [-0.25, -0.2) is 4.98 Å². The molecule has 152 valence electrons. The van der Waals surface area contributed by atoms with Crippen molar-refractivity contribution < 1.29 is 0 Å². The molecular formula is C21H33N7. The smallest absolute Gasteiger partial charge is 0.191 e. The van der Waals surface area contributed by atoms with Crippen LogP contribution in [0.15, 0.2) is 29.3 Å². The number of benzene rings is 1. The van der Waals surface area contributed by atoms with Crippen LogP contribution in [0.1, 0.15) is 19.2 Å². The molecule has 2 bridgehead atoms. The first-order valence-electron chi connectivity index (χ1n) is 10.6. The van der Waals surface area contributed by atoms with Gasteiger partial charge in [0.15, 0.2) is 5.96 Å². The number of aryl methyl sites for hydroxylation is 2. The van der Waals surface area contributed by atoms with Crippen LogP contribution in [-0.2, 0) is 6.54 Å². The number of guanidine groups is 1. The Morgan fingerprint density at radius 3 is 2.75 bits per heavy atom. The highest BCUT2D eigenvalue weighted by Gasteiger charge is 2.31. The van der Waals surface area contributed by atoms with Crippen molar-refractivity contribution in [3.8, 4) is 0 Å². The lowest BCUT2D eigenvalue weighted by molar-refractivity contribution is 0.0174. The number of rotatable bonds is 7. The first kappa shape index (κ1) is 19.2. The Bertz CT molecular complexity index is 804. The minimum absolute atomic E-state index is 0.568. The molecule has 1 atom stereocenters. The standard InChI is InChI=1S/C21H33N7/c1-3-22-21(24-15-18-16-26-11-13-27(18)14-12-26)23-9-6-10-28-17(2)25-19-7-4-5-8-20(19)28/h4-5,7-8,18H,3,6,9-16H2,1-2H3,(H2,22,23,24). The molecule has 7 nitrogen and oxygen atoms in total. The lowest BCUT2D eigenvalue weighted by atomic mass is 10.1. The molecule has 3 aliphatic rings. The highest BCUT2D eigenvalue weighted by atomic mass is 15.3. The Kier molecular flexibility index (Phi) is 6.12. The lowest BCUT2D eigenvalue weighted by Crippen LogP contribution is -2.62. The summed E-state index contributed by atoms with van der Waals surface area (Å²) in [6.07, 6.45) is 1.04. The van der Waals surface area contributed by atoms with Gasteiger partial charge in [0, 0.05) is 58.4 Å². The Labute approximate surface area is 167 Å². The Balaban J connectivity index is 1.28. The van der Waals surface area contributed by atoms with E-state index >= 15 is 0 Å². The molecule has 2 N–H and O–H groups in total. The molecule has 7 heteroatoms. The molecule has 0 spiro atoms. The molecule has 3 fully saturated rings. The van der Waals surface area contributed by atoms with Gasteiger partial charge in [-0.15, -0.1) is 0 Å². The second kappa shape index (κ2) is 8.92.